The van der Waals surface area contributed by atoms with Crippen molar-refractivity contribution in [2.75, 3.05) is 5.32 Å². The van der Waals surface area contributed by atoms with Crippen LogP contribution in [0.3, 0.4) is 0 Å². The minimum atomic E-state index is 0.564. The second kappa shape index (κ2) is 5.89. The molecule has 0 heterocycles. The smallest absolute Gasteiger partial charge is 0.0673 e. The number of hydrogen-bond donors (Lipinski definition) is 1. The number of rotatable bonds is 3. The molecule has 2 rings (SSSR count). The van der Waals surface area contributed by atoms with Gasteiger partial charge < -0.3 is 5.32 Å². The van der Waals surface area contributed by atoms with Crippen LogP contribution in [0.2, 0.25) is 0 Å². The topological polar surface area (TPSA) is 12.0 Å². The Morgan fingerprint density at radius 2 is 1.44 bits per heavy atom. The molecule has 0 saturated heterocycles. The Morgan fingerprint density at radius 3 is 1.94 bits per heavy atom. The molecule has 0 unspecified atom stereocenters. The van der Waals surface area contributed by atoms with E-state index in [4.69, 9.17) is 0 Å². The molecule has 1 nitrogen and oxygen atoms in total. The van der Waals surface area contributed by atoms with Gasteiger partial charge in [0.2, 0.25) is 0 Å². The van der Waals surface area contributed by atoms with Crippen molar-refractivity contribution >= 4 is 43.2 Å². The Balaban J connectivity index is 2.24. The van der Waals surface area contributed by atoms with E-state index in [1.165, 1.54) is 5.56 Å². The van der Waals surface area contributed by atoms with Crippen LogP contribution in [-0.2, 0) is 0 Å². The average molecular weight is 369 g/mol. The molecule has 0 aromatic heterocycles. The van der Waals surface area contributed by atoms with Crippen LogP contribution in [0.4, 0.5) is 11.4 Å². The maximum absolute atomic E-state index is 3.55. The van der Waals surface area contributed by atoms with Crippen LogP contribution in [0.15, 0.2) is 51.4 Å². The van der Waals surface area contributed by atoms with E-state index in [1.54, 1.807) is 0 Å². The molecule has 0 aliphatic heterocycles. The fraction of sp³-hybridized carbons (Fsp3) is 0.200. The highest BCUT2D eigenvalue weighted by Crippen LogP contribution is 2.33. The van der Waals surface area contributed by atoms with Crippen molar-refractivity contribution in [3.8, 4) is 0 Å². The minimum Gasteiger partial charge on any atom is -0.354 e. The zero-order valence-corrected chi connectivity index (χ0v) is 13.5. The molecular weight excluding hydrogens is 354 g/mol. The van der Waals surface area contributed by atoms with Crippen LogP contribution in [0.5, 0.6) is 0 Å². The number of anilines is 2. The molecule has 0 saturated carbocycles. The second-order valence-electron chi connectivity index (χ2n) is 4.50. The number of hydrogen-bond acceptors (Lipinski definition) is 1. The molecule has 0 amide bonds. The lowest BCUT2D eigenvalue weighted by molar-refractivity contribution is 0.867. The van der Waals surface area contributed by atoms with Crippen LogP contribution >= 0.6 is 31.9 Å². The lowest BCUT2D eigenvalue weighted by Crippen LogP contribution is -1.93. The van der Waals surface area contributed by atoms with Crippen molar-refractivity contribution in [1.29, 1.82) is 0 Å². The maximum atomic E-state index is 3.55. The first-order valence-corrected chi connectivity index (χ1v) is 7.47. The van der Waals surface area contributed by atoms with Crippen LogP contribution in [0.1, 0.15) is 25.3 Å². The Hall–Kier alpha value is -0.800. The van der Waals surface area contributed by atoms with Crippen LogP contribution in [0, 0.1) is 0 Å². The number of para-hydroxylation sites is 1. The Kier molecular flexibility index (Phi) is 4.46. The van der Waals surface area contributed by atoms with E-state index < -0.39 is 0 Å². The summed E-state index contributed by atoms with van der Waals surface area (Å²) in [6, 6.07) is 14.6. The van der Waals surface area contributed by atoms with E-state index in [0.717, 1.165) is 20.3 Å². The molecule has 0 aliphatic carbocycles. The van der Waals surface area contributed by atoms with Crippen molar-refractivity contribution in [2.45, 2.75) is 19.8 Å². The van der Waals surface area contributed by atoms with Crippen LogP contribution in [-0.4, -0.2) is 0 Å². The molecule has 0 spiro atoms. The van der Waals surface area contributed by atoms with E-state index in [9.17, 15) is 0 Å². The highest BCUT2D eigenvalue weighted by atomic mass is 79.9. The standard InChI is InChI=1S/C15H15Br2N/c1-10(2)11-6-8-12(9-7-11)18-15-13(16)4-3-5-14(15)17/h3-10,18H,1-2H3. The lowest BCUT2D eigenvalue weighted by atomic mass is 10.0. The van der Waals surface area contributed by atoms with E-state index in [0.29, 0.717) is 5.92 Å². The summed E-state index contributed by atoms with van der Waals surface area (Å²) in [5, 5.41) is 3.41. The van der Waals surface area contributed by atoms with Gasteiger partial charge in [-0.05, 0) is 67.6 Å². The average Bonchev–Trinajstić information content (AvgIpc) is 2.34. The fourth-order valence-corrected chi connectivity index (χ4v) is 2.91. The van der Waals surface area contributed by atoms with Crippen LogP contribution < -0.4 is 5.32 Å². The van der Waals surface area contributed by atoms with Crippen molar-refractivity contribution in [3.63, 3.8) is 0 Å². The first kappa shape index (κ1) is 13.6. The highest BCUT2D eigenvalue weighted by Gasteiger charge is 2.05. The van der Waals surface area contributed by atoms with Crippen molar-refractivity contribution in [1.82, 2.24) is 0 Å². The van der Waals surface area contributed by atoms with Gasteiger partial charge in [0, 0.05) is 14.6 Å². The second-order valence-corrected chi connectivity index (χ2v) is 6.21. The third-order valence-corrected chi connectivity index (χ3v) is 4.13. The van der Waals surface area contributed by atoms with Crippen molar-refractivity contribution in [3.05, 3.63) is 57.0 Å². The maximum Gasteiger partial charge on any atom is 0.0673 e. The summed E-state index contributed by atoms with van der Waals surface area (Å²) in [6.07, 6.45) is 0. The molecular formula is C15H15Br2N. The van der Waals surface area contributed by atoms with Gasteiger partial charge in [0.15, 0.2) is 0 Å². The molecule has 0 aliphatic rings. The summed E-state index contributed by atoms with van der Waals surface area (Å²) < 4.78 is 2.09. The van der Waals surface area contributed by atoms with Gasteiger partial charge in [-0.15, -0.1) is 0 Å². The zero-order valence-electron chi connectivity index (χ0n) is 10.4. The predicted molar refractivity (Wildman–Crippen MR) is 85.7 cm³/mol. The fourth-order valence-electron chi connectivity index (χ4n) is 1.71. The minimum absolute atomic E-state index is 0.564. The van der Waals surface area contributed by atoms with E-state index >= 15 is 0 Å². The first-order chi connectivity index (χ1) is 8.58. The molecule has 2 aromatic carbocycles. The predicted octanol–water partition coefficient (Wildman–Crippen LogP) is 6.08. The lowest BCUT2D eigenvalue weighted by Gasteiger charge is -2.12. The van der Waals surface area contributed by atoms with E-state index in [2.05, 4.69) is 75.3 Å². The molecule has 18 heavy (non-hydrogen) atoms. The van der Waals surface area contributed by atoms with Crippen LogP contribution in [0.25, 0.3) is 0 Å². The van der Waals surface area contributed by atoms with Crippen molar-refractivity contribution in [2.24, 2.45) is 0 Å². The number of halogens is 2. The Labute approximate surface area is 125 Å². The summed E-state index contributed by atoms with van der Waals surface area (Å²) in [7, 11) is 0. The van der Waals surface area contributed by atoms with E-state index in [-0.39, 0.29) is 0 Å². The third-order valence-electron chi connectivity index (χ3n) is 2.81. The van der Waals surface area contributed by atoms with Gasteiger partial charge in [-0.3, -0.25) is 0 Å². The molecule has 0 atom stereocenters. The summed E-state index contributed by atoms with van der Waals surface area (Å²) in [4.78, 5) is 0. The zero-order chi connectivity index (χ0) is 13.1. The third kappa shape index (κ3) is 3.15. The van der Waals surface area contributed by atoms with Gasteiger partial charge in [0.1, 0.15) is 0 Å². The van der Waals surface area contributed by atoms with E-state index in [1.807, 2.05) is 18.2 Å². The summed E-state index contributed by atoms with van der Waals surface area (Å²) in [5.41, 5.74) is 3.49. The highest BCUT2D eigenvalue weighted by molar-refractivity contribution is 9.11. The Morgan fingerprint density at radius 1 is 0.889 bits per heavy atom. The van der Waals surface area contributed by atoms with Gasteiger partial charge >= 0.3 is 0 Å². The summed E-state index contributed by atoms with van der Waals surface area (Å²) in [6.45, 7) is 4.40. The first-order valence-electron chi connectivity index (χ1n) is 5.89. The Bertz CT molecular complexity index is 512. The molecule has 0 fully saturated rings. The SMILES string of the molecule is CC(C)c1ccc(Nc2c(Br)cccc2Br)cc1. The molecule has 94 valence electrons. The molecule has 0 bridgehead atoms. The summed E-state index contributed by atoms with van der Waals surface area (Å²) in [5.74, 6) is 0.564. The number of nitrogens with one attached hydrogen (secondary N) is 1. The monoisotopic (exact) mass is 367 g/mol. The van der Waals surface area contributed by atoms with Gasteiger partial charge in [-0.2, -0.15) is 0 Å². The van der Waals surface area contributed by atoms with Gasteiger partial charge in [-0.25, -0.2) is 0 Å². The van der Waals surface area contributed by atoms with Gasteiger partial charge in [-0.1, -0.05) is 32.0 Å². The molecule has 2 aromatic rings. The molecule has 1 N–H and O–H groups in total. The number of benzene rings is 2. The van der Waals surface area contributed by atoms with Crippen molar-refractivity contribution < 1.29 is 0 Å². The van der Waals surface area contributed by atoms with Gasteiger partial charge in [0.05, 0.1) is 5.69 Å². The normalized spacial score (nSPS) is 10.7. The molecule has 0 radical (unpaired) electrons. The summed E-state index contributed by atoms with van der Waals surface area (Å²) >= 11 is 7.10. The van der Waals surface area contributed by atoms with Gasteiger partial charge in [0.25, 0.3) is 0 Å². The molecule has 3 heteroatoms. The quantitative estimate of drug-likeness (QED) is 0.692. The largest absolute Gasteiger partial charge is 0.354 e.